The molecular formula is C70H117N. The van der Waals surface area contributed by atoms with E-state index in [0.717, 1.165) is 36.4 Å². The molecule has 2 aromatic carbocycles. The maximum absolute atomic E-state index is 6.97. The minimum Gasteiger partial charge on any atom is -0.398 e. The van der Waals surface area contributed by atoms with Crippen LogP contribution in [0.25, 0.3) is 16.7 Å². The number of allylic oxidation sites excluding steroid dienone is 13. The molecule has 1 heteroatoms. The van der Waals surface area contributed by atoms with E-state index in [0.29, 0.717) is 11.8 Å². The van der Waals surface area contributed by atoms with Crippen LogP contribution in [0, 0.1) is 37.0 Å². The zero-order valence-electron chi connectivity index (χ0n) is 50.9. The second-order valence-electron chi connectivity index (χ2n) is 23.5. The molecule has 0 radical (unpaired) electrons. The van der Waals surface area contributed by atoms with Crippen molar-refractivity contribution in [1.29, 1.82) is 0 Å². The minimum absolute atomic E-state index is 0.134. The highest BCUT2D eigenvalue weighted by atomic mass is 14.6. The fraction of sp³-hybridized carbons (Fsp3) is 0.629. The van der Waals surface area contributed by atoms with E-state index < -0.39 is 0 Å². The summed E-state index contributed by atoms with van der Waals surface area (Å²) in [5.41, 5.74) is 23.4. The number of hydrogen-bond donors (Lipinski definition) is 1. The highest BCUT2D eigenvalue weighted by molar-refractivity contribution is 5.84. The van der Waals surface area contributed by atoms with Gasteiger partial charge in [0.15, 0.2) is 0 Å². The topological polar surface area (TPSA) is 26.0 Å². The van der Waals surface area contributed by atoms with Crippen LogP contribution in [0.2, 0.25) is 0 Å². The molecule has 0 bridgehead atoms. The molecule has 2 unspecified atom stereocenters. The summed E-state index contributed by atoms with van der Waals surface area (Å²) in [7, 11) is 0. The van der Waals surface area contributed by atoms with Crippen LogP contribution >= 0.6 is 0 Å². The molecule has 3 rings (SSSR count). The Labute approximate surface area is 444 Å². The van der Waals surface area contributed by atoms with Crippen molar-refractivity contribution >= 4 is 22.4 Å². The Hall–Kier alpha value is -3.58. The van der Waals surface area contributed by atoms with E-state index in [-0.39, 0.29) is 10.8 Å². The normalized spacial score (nSPS) is 15.0. The van der Waals surface area contributed by atoms with Gasteiger partial charge >= 0.3 is 0 Å². The summed E-state index contributed by atoms with van der Waals surface area (Å²) in [6, 6.07) is 11.3. The summed E-state index contributed by atoms with van der Waals surface area (Å²) in [6.07, 6.45) is 41.6. The molecule has 0 aliphatic heterocycles. The lowest BCUT2D eigenvalue weighted by molar-refractivity contribution is 0.504. The van der Waals surface area contributed by atoms with Crippen molar-refractivity contribution in [2.45, 2.75) is 266 Å². The Balaban J connectivity index is 0.00000167. The van der Waals surface area contributed by atoms with Crippen molar-refractivity contribution in [3.8, 4) is 0 Å². The van der Waals surface area contributed by atoms with E-state index in [1.165, 1.54) is 164 Å². The standard InChI is InChI=1S/C46H63N.C11H24.C7H16.C6H14/c1-15-30(4)40(23-19-33(7)45(9,10)11)41-26-27-43(44(47)34(41)8)37-21-24-42(36(17-3)29-37)35(16-2)20-18-31(5)39-25-22-38(28-32(39)6)46(12,13)14;1-4-5-6-7-8-9-10-11(2)3;1-3-5-7-6-4-2;1-3-5-6-4-2/h16,18-28,30,36H,5,15,17,29,47H2,1-4,6-14H3;11H,4-10H2,1-3H3;3-7H2,1-2H3;3-6H2,1-2H3/b20-18-,33-19+,35-16+,40-23+;;;. The molecule has 2 atom stereocenters. The maximum atomic E-state index is 6.97. The molecule has 0 aromatic heterocycles. The lowest BCUT2D eigenvalue weighted by Gasteiger charge is -2.27. The number of unbranched alkanes of at least 4 members (excludes halogenated alkanes) is 12. The van der Waals surface area contributed by atoms with Gasteiger partial charge in [0, 0.05) is 11.3 Å². The van der Waals surface area contributed by atoms with Crippen molar-refractivity contribution in [1.82, 2.24) is 0 Å². The second-order valence-corrected chi connectivity index (χ2v) is 23.5. The Morgan fingerprint density at radius 2 is 1.21 bits per heavy atom. The van der Waals surface area contributed by atoms with Crippen molar-refractivity contribution in [3.05, 3.63) is 130 Å². The number of nitrogen functional groups attached to an aromatic ring is 1. The smallest absolute Gasteiger partial charge is 0.0426 e. The average molecular weight is 973 g/mol. The molecule has 0 amide bonds. The van der Waals surface area contributed by atoms with E-state index in [1.807, 2.05) is 0 Å². The van der Waals surface area contributed by atoms with E-state index in [1.54, 1.807) is 0 Å². The fourth-order valence-corrected chi connectivity index (χ4v) is 8.83. The molecule has 1 nitrogen and oxygen atoms in total. The summed E-state index contributed by atoms with van der Waals surface area (Å²) >= 11 is 0. The van der Waals surface area contributed by atoms with E-state index in [4.69, 9.17) is 5.73 Å². The molecule has 0 saturated carbocycles. The first-order chi connectivity index (χ1) is 33.5. The summed E-state index contributed by atoms with van der Waals surface area (Å²) in [4.78, 5) is 0. The van der Waals surface area contributed by atoms with Crippen LogP contribution in [-0.4, -0.2) is 0 Å². The molecule has 2 N–H and O–H groups in total. The van der Waals surface area contributed by atoms with Gasteiger partial charge < -0.3 is 5.73 Å². The third-order valence-corrected chi connectivity index (χ3v) is 14.7. The van der Waals surface area contributed by atoms with Crippen LogP contribution in [0.15, 0.2) is 96.2 Å². The van der Waals surface area contributed by atoms with Gasteiger partial charge in [0.05, 0.1) is 0 Å². The van der Waals surface area contributed by atoms with Crippen LogP contribution in [0.1, 0.15) is 280 Å². The first-order valence-corrected chi connectivity index (χ1v) is 29.4. The van der Waals surface area contributed by atoms with E-state index in [2.05, 4.69) is 218 Å². The summed E-state index contributed by atoms with van der Waals surface area (Å²) in [5, 5.41) is 0. The Morgan fingerprint density at radius 1 is 0.690 bits per heavy atom. The molecule has 0 fully saturated rings. The van der Waals surface area contributed by atoms with Crippen LogP contribution in [0.4, 0.5) is 5.69 Å². The third kappa shape index (κ3) is 26.3. The molecule has 1 aliphatic rings. The molecule has 1 aliphatic carbocycles. The van der Waals surface area contributed by atoms with Crippen molar-refractivity contribution in [2.24, 2.45) is 23.2 Å². The minimum atomic E-state index is 0.134. The number of hydrogen-bond acceptors (Lipinski definition) is 1. The molecule has 2 aromatic rings. The van der Waals surface area contributed by atoms with Gasteiger partial charge in [-0.05, 0) is 131 Å². The van der Waals surface area contributed by atoms with Gasteiger partial charge in [0.1, 0.15) is 0 Å². The van der Waals surface area contributed by atoms with E-state index in [9.17, 15) is 0 Å². The first-order valence-electron chi connectivity index (χ1n) is 29.4. The van der Waals surface area contributed by atoms with Crippen LogP contribution in [-0.2, 0) is 5.41 Å². The first kappa shape index (κ1) is 67.4. The molecule has 0 heterocycles. The highest BCUT2D eigenvalue weighted by Gasteiger charge is 2.24. The van der Waals surface area contributed by atoms with Crippen LogP contribution < -0.4 is 5.73 Å². The Bertz CT molecular complexity index is 1960. The zero-order valence-corrected chi connectivity index (χ0v) is 50.9. The molecular weight excluding hydrogens is 855 g/mol. The highest BCUT2D eigenvalue weighted by Crippen LogP contribution is 2.41. The summed E-state index contributed by atoms with van der Waals surface area (Å²) in [5.74, 6) is 1.77. The summed E-state index contributed by atoms with van der Waals surface area (Å²) in [6.45, 7) is 49.5. The Morgan fingerprint density at radius 3 is 1.69 bits per heavy atom. The van der Waals surface area contributed by atoms with Gasteiger partial charge in [-0.25, -0.2) is 0 Å². The maximum Gasteiger partial charge on any atom is 0.0426 e. The van der Waals surface area contributed by atoms with Gasteiger partial charge in [-0.15, -0.1) is 0 Å². The monoisotopic (exact) mass is 972 g/mol. The van der Waals surface area contributed by atoms with Gasteiger partial charge in [0.25, 0.3) is 0 Å². The van der Waals surface area contributed by atoms with Gasteiger partial charge in [0.2, 0.25) is 0 Å². The Kier molecular flexibility index (Phi) is 35.3. The molecule has 0 saturated heterocycles. The van der Waals surface area contributed by atoms with Gasteiger partial charge in [-0.1, -0.05) is 299 Å². The predicted molar refractivity (Wildman–Crippen MR) is 330 cm³/mol. The SMILES string of the molecule is C=C(/C=C\C(=C/C)C1=CC=C(c2ccc(/C(=C/C=C(\C)C(C)(C)C)C(C)CC)c(C)c2N)CC1CC)c1ccc(C(C)(C)C)cc1C.CCCCCC.CCCCCCC.CCCCCCCCC(C)C. The quantitative estimate of drug-likeness (QED) is 0.0633. The average Bonchev–Trinajstić information content (AvgIpc) is 3.33. The van der Waals surface area contributed by atoms with Crippen LogP contribution in [0.3, 0.4) is 0 Å². The predicted octanol–water partition coefficient (Wildman–Crippen LogP) is 23.5. The zero-order chi connectivity index (χ0) is 54.2. The lowest BCUT2D eigenvalue weighted by atomic mass is 9.78. The van der Waals surface area contributed by atoms with Gasteiger partial charge in [-0.3, -0.25) is 0 Å². The third-order valence-electron chi connectivity index (χ3n) is 14.7. The number of aryl methyl sites for hydroxylation is 1. The summed E-state index contributed by atoms with van der Waals surface area (Å²) < 4.78 is 0. The van der Waals surface area contributed by atoms with Gasteiger partial charge in [-0.2, -0.15) is 0 Å². The number of rotatable bonds is 24. The number of nitrogens with two attached hydrogens (primary N) is 1. The van der Waals surface area contributed by atoms with Crippen molar-refractivity contribution in [3.63, 3.8) is 0 Å². The number of anilines is 1. The molecule has 71 heavy (non-hydrogen) atoms. The fourth-order valence-electron chi connectivity index (χ4n) is 8.83. The van der Waals surface area contributed by atoms with E-state index >= 15 is 0 Å². The van der Waals surface area contributed by atoms with Crippen molar-refractivity contribution < 1.29 is 0 Å². The molecule has 0 spiro atoms. The second kappa shape index (κ2) is 37.2. The largest absolute Gasteiger partial charge is 0.398 e. The van der Waals surface area contributed by atoms with Crippen molar-refractivity contribution in [2.75, 3.05) is 5.73 Å². The van der Waals surface area contributed by atoms with Crippen LogP contribution in [0.5, 0.6) is 0 Å². The number of benzene rings is 2. The lowest BCUT2D eigenvalue weighted by Crippen LogP contribution is -2.11. The molecule has 402 valence electrons.